The van der Waals surface area contributed by atoms with E-state index in [-0.39, 0.29) is 6.61 Å². The molecule has 72 valence electrons. The third-order valence-corrected chi connectivity index (χ3v) is 1.64. The van der Waals surface area contributed by atoms with E-state index in [4.69, 9.17) is 0 Å². The van der Waals surface area contributed by atoms with Gasteiger partial charge in [0.1, 0.15) is 0 Å². The Bertz CT molecular complexity index is 268. The number of rotatable bonds is 2. The second-order valence-corrected chi connectivity index (χ2v) is 2.73. The van der Waals surface area contributed by atoms with Crippen molar-refractivity contribution in [3.05, 3.63) is 35.4 Å². The quantitative estimate of drug-likeness (QED) is 0.580. The van der Waals surface area contributed by atoms with Gasteiger partial charge < -0.3 is 4.18 Å². The van der Waals surface area contributed by atoms with Gasteiger partial charge in [0.15, 0.2) is 0 Å². The van der Waals surface area contributed by atoms with Gasteiger partial charge in [-0.3, -0.25) is 0 Å². The lowest BCUT2D eigenvalue weighted by Crippen LogP contribution is -2.04. The summed E-state index contributed by atoms with van der Waals surface area (Å²) in [5.41, 5.74) is -0.00147. The van der Waals surface area contributed by atoms with Crippen LogP contribution in [-0.2, 0) is 17.0 Å². The van der Waals surface area contributed by atoms with Crippen molar-refractivity contribution in [3.63, 3.8) is 0 Å². The van der Waals surface area contributed by atoms with E-state index < -0.39 is 11.7 Å². The Morgan fingerprint density at radius 2 is 1.69 bits per heavy atom. The number of hydrogen-bond acceptors (Lipinski definition) is 2. The van der Waals surface area contributed by atoms with Gasteiger partial charge >= 0.3 is 6.18 Å². The van der Waals surface area contributed by atoms with Gasteiger partial charge in [-0.15, -0.1) is 0 Å². The van der Waals surface area contributed by atoms with Crippen molar-refractivity contribution in [2.45, 2.75) is 12.8 Å². The summed E-state index contributed by atoms with van der Waals surface area (Å²) in [7, 11) is 0. The van der Waals surface area contributed by atoms with Crippen LogP contribution in [0.4, 0.5) is 13.2 Å². The maximum atomic E-state index is 12.1. The van der Waals surface area contributed by atoms with Crippen molar-refractivity contribution in [1.29, 1.82) is 0 Å². The van der Waals surface area contributed by atoms with Crippen LogP contribution in [0.25, 0.3) is 0 Å². The first-order chi connectivity index (χ1) is 6.04. The predicted octanol–water partition coefficient (Wildman–Crippen LogP) is 3.07. The average molecular weight is 208 g/mol. The molecule has 1 aromatic rings. The Morgan fingerprint density at radius 3 is 2.08 bits per heavy atom. The highest BCUT2D eigenvalue weighted by atomic mass is 32.1. The monoisotopic (exact) mass is 208 g/mol. The number of benzene rings is 1. The fourth-order valence-electron chi connectivity index (χ4n) is 0.864. The smallest absolute Gasteiger partial charge is 0.314 e. The molecule has 0 aliphatic carbocycles. The van der Waals surface area contributed by atoms with Gasteiger partial charge in [0.2, 0.25) is 0 Å². The van der Waals surface area contributed by atoms with E-state index >= 15 is 0 Å². The van der Waals surface area contributed by atoms with E-state index in [0.717, 1.165) is 12.1 Å². The van der Waals surface area contributed by atoms with Crippen molar-refractivity contribution in [1.82, 2.24) is 0 Å². The van der Waals surface area contributed by atoms with Crippen molar-refractivity contribution in [2.24, 2.45) is 0 Å². The molecule has 0 bridgehead atoms. The average Bonchev–Trinajstić information content (AvgIpc) is 2.04. The summed E-state index contributed by atoms with van der Waals surface area (Å²) in [5, 5.41) is 0. The minimum atomic E-state index is -4.28. The van der Waals surface area contributed by atoms with Gasteiger partial charge in [-0.1, -0.05) is 12.1 Å². The van der Waals surface area contributed by atoms with E-state index in [1.807, 2.05) is 0 Å². The molecule has 13 heavy (non-hydrogen) atoms. The van der Waals surface area contributed by atoms with Crippen molar-refractivity contribution < 1.29 is 17.4 Å². The zero-order chi connectivity index (χ0) is 9.90. The fourth-order valence-corrected chi connectivity index (χ4v) is 1.01. The van der Waals surface area contributed by atoms with Crippen LogP contribution in [0.15, 0.2) is 24.3 Å². The molecule has 0 fully saturated rings. The Balaban J connectivity index is 2.81. The number of alkyl halides is 3. The molecule has 0 atom stereocenters. The zero-order valence-corrected chi connectivity index (χ0v) is 7.40. The van der Waals surface area contributed by atoms with Crippen LogP contribution in [0.1, 0.15) is 11.1 Å². The highest BCUT2D eigenvalue weighted by Crippen LogP contribution is 2.29. The van der Waals surface area contributed by atoms with Crippen LogP contribution in [-0.4, -0.2) is 0 Å². The normalized spacial score (nSPS) is 11.7. The van der Waals surface area contributed by atoms with Crippen molar-refractivity contribution >= 4 is 12.9 Å². The molecule has 1 rings (SSSR count). The summed E-state index contributed by atoms with van der Waals surface area (Å²) in [6, 6.07) is 4.75. The van der Waals surface area contributed by atoms with Crippen LogP contribution < -0.4 is 0 Å². The van der Waals surface area contributed by atoms with Gasteiger partial charge in [0.25, 0.3) is 0 Å². The summed E-state index contributed by atoms with van der Waals surface area (Å²) in [5.74, 6) is 0. The molecule has 0 saturated heterocycles. The third kappa shape index (κ3) is 2.93. The molecule has 0 unspecified atom stereocenters. The van der Waals surface area contributed by atoms with E-state index in [9.17, 15) is 13.2 Å². The molecular weight excluding hydrogens is 201 g/mol. The molecule has 0 heterocycles. The summed E-state index contributed by atoms with van der Waals surface area (Å²) < 4.78 is 40.6. The molecule has 1 aromatic carbocycles. The van der Waals surface area contributed by atoms with Crippen LogP contribution in [0.2, 0.25) is 0 Å². The number of hydrogen-bond donors (Lipinski definition) is 1. The van der Waals surface area contributed by atoms with E-state index in [1.54, 1.807) is 0 Å². The van der Waals surface area contributed by atoms with Gasteiger partial charge in [0, 0.05) is 0 Å². The molecule has 0 N–H and O–H groups in total. The van der Waals surface area contributed by atoms with Crippen LogP contribution in [0, 0.1) is 0 Å². The Morgan fingerprint density at radius 1 is 1.15 bits per heavy atom. The SMILES string of the molecule is FC(F)(F)c1ccc(COS)cc1. The Labute approximate surface area is 79.1 Å². The number of thiol groups is 1. The van der Waals surface area contributed by atoms with Gasteiger partial charge in [-0.2, -0.15) is 13.2 Å². The lowest BCUT2D eigenvalue weighted by Gasteiger charge is -2.06. The minimum absolute atomic E-state index is 0.196. The fraction of sp³-hybridized carbons (Fsp3) is 0.250. The highest BCUT2D eigenvalue weighted by molar-refractivity contribution is 7.75. The maximum absolute atomic E-state index is 12.1. The lowest BCUT2D eigenvalue weighted by molar-refractivity contribution is -0.137. The zero-order valence-electron chi connectivity index (χ0n) is 6.51. The Hall–Kier alpha value is -0.680. The molecule has 1 nitrogen and oxygen atoms in total. The first-order valence-electron chi connectivity index (χ1n) is 3.46. The summed E-state index contributed by atoms with van der Waals surface area (Å²) >= 11 is 3.49. The second kappa shape index (κ2) is 4.02. The predicted molar refractivity (Wildman–Crippen MR) is 45.2 cm³/mol. The molecule has 0 amide bonds. The molecule has 0 aliphatic rings. The Kier molecular flexibility index (Phi) is 3.22. The number of halogens is 3. The molecule has 0 radical (unpaired) electrons. The molecule has 0 spiro atoms. The summed E-state index contributed by atoms with van der Waals surface area (Å²) in [6.07, 6.45) is -4.28. The third-order valence-electron chi connectivity index (χ3n) is 1.51. The highest BCUT2D eigenvalue weighted by Gasteiger charge is 2.29. The molecule has 0 saturated carbocycles. The van der Waals surface area contributed by atoms with Crippen LogP contribution >= 0.6 is 12.9 Å². The van der Waals surface area contributed by atoms with Gasteiger partial charge in [-0.05, 0) is 30.6 Å². The first kappa shape index (κ1) is 10.4. The summed E-state index contributed by atoms with van der Waals surface area (Å²) in [4.78, 5) is 0. The second-order valence-electron chi connectivity index (χ2n) is 2.47. The maximum Gasteiger partial charge on any atom is 0.416 e. The van der Waals surface area contributed by atoms with Crippen molar-refractivity contribution in [3.8, 4) is 0 Å². The van der Waals surface area contributed by atoms with E-state index in [0.29, 0.717) is 5.56 Å². The topological polar surface area (TPSA) is 9.23 Å². The van der Waals surface area contributed by atoms with E-state index in [1.165, 1.54) is 12.1 Å². The van der Waals surface area contributed by atoms with Crippen molar-refractivity contribution in [2.75, 3.05) is 0 Å². The van der Waals surface area contributed by atoms with E-state index in [2.05, 4.69) is 17.1 Å². The molecule has 0 aliphatic heterocycles. The molecular formula is C8H7F3OS. The largest absolute Gasteiger partial charge is 0.416 e. The van der Waals surface area contributed by atoms with Gasteiger partial charge in [0.05, 0.1) is 12.2 Å². The first-order valence-corrected chi connectivity index (χ1v) is 3.83. The van der Waals surface area contributed by atoms with Crippen LogP contribution in [0.3, 0.4) is 0 Å². The van der Waals surface area contributed by atoms with Crippen LogP contribution in [0.5, 0.6) is 0 Å². The molecule has 5 heteroatoms. The standard InChI is InChI=1S/C8H7F3OS/c9-8(10,11)7-3-1-6(2-4-7)5-12-13/h1-4,13H,5H2. The molecule has 0 aromatic heterocycles. The van der Waals surface area contributed by atoms with Gasteiger partial charge in [-0.25, -0.2) is 0 Å². The summed E-state index contributed by atoms with van der Waals surface area (Å²) in [6.45, 7) is 0.196. The lowest BCUT2D eigenvalue weighted by atomic mass is 10.1. The minimum Gasteiger partial charge on any atom is -0.314 e.